The third-order valence-electron chi connectivity index (χ3n) is 3.01. The van der Waals surface area contributed by atoms with Gasteiger partial charge in [-0.3, -0.25) is 0 Å². The topological polar surface area (TPSA) is 77.8 Å². The molecule has 0 saturated heterocycles. The van der Waals surface area contributed by atoms with Crippen molar-refractivity contribution in [1.82, 2.24) is 4.57 Å². The Labute approximate surface area is 127 Å². The van der Waals surface area contributed by atoms with Crippen LogP contribution in [-0.4, -0.2) is 28.4 Å². The molecule has 116 valence electrons. The van der Waals surface area contributed by atoms with Crippen LogP contribution in [0.25, 0.3) is 5.69 Å². The van der Waals surface area contributed by atoms with Crippen LogP contribution in [0.15, 0.2) is 42.7 Å². The first-order chi connectivity index (χ1) is 10.6. The number of carboxylic acid groups (broad SMARTS) is 1. The number of benzene rings is 1. The van der Waals surface area contributed by atoms with E-state index in [0.29, 0.717) is 5.69 Å². The number of carbonyl (C=O) groups is 2. The minimum absolute atomic E-state index is 0.0371. The third kappa shape index (κ3) is 3.88. The summed E-state index contributed by atoms with van der Waals surface area (Å²) in [4.78, 5) is 22.9. The van der Waals surface area contributed by atoms with Crippen molar-refractivity contribution >= 4 is 12.1 Å². The molecular formula is C16H17NO5. The molecule has 2 aromatic rings. The summed E-state index contributed by atoms with van der Waals surface area (Å²) >= 11 is 0. The molecule has 1 N–H and O–H groups in total. The van der Waals surface area contributed by atoms with Crippen LogP contribution in [0.3, 0.4) is 0 Å². The molecule has 0 radical (unpaired) electrons. The van der Waals surface area contributed by atoms with Crippen LogP contribution >= 0.6 is 0 Å². The van der Waals surface area contributed by atoms with E-state index in [4.69, 9.17) is 9.47 Å². The summed E-state index contributed by atoms with van der Waals surface area (Å²) < 4.78 is 11.6. The van der Waals surface area contributed by atoms with E-state index in [9.17, 15) is 14.7 Å². The van der Waals surface area contributed by atoms with Crippen LogP contribution in [0.5, 0.6) is 5.75 Å². The van der Waals surface area contributed by atoms with E-state index in [1.807, 2.05) is 19.1 Å². The number of aromatic carboxylic acids is 1. The van der Waals surface area contributed by atoms with E-state index >= 15 is 0 Å². The highest BCUT2D eigenvalue weighted by Gasteiger charge is 2.16. The molecule has 6 nitrogen and oxygen atoms in total. The summed E-state index contributed by atoms with van der Waals surface area (Å²) in [7, 11) is 0. The summed E-state index contributed by atoms with van der Waals surface area (Å²) in [6.45, 7) is 2.22. The number of unbranched alkanes of at least 4 members (excludes halogenated alkanes) is 1. The van der Waals surface area contributed by atoms with Crippen molar-refractivity contribution in [2.75, 3.05) is 6.61 Å². The first-order valence-electron chi connectivity index (χ1n) is 6.97. The largest absolute Gasteiger partial charge is 0.513 e. The Kier molecular flexibility index (Phi) is 5.19. The van der Waals surface area contributed by atoms with Crippen LogP contribution in [0.1, 0.15) is 30.1 Å². The number of nitrogens with zero attached hydrogens (tertiary/aromatic N) is 1. The number of hydrogen-bond acceptors (Lipinski definition) is 4. The summed E-state index contributed by atoms with van der Waals surface area (Å²) in [6.07, 6.45) is 4.30. The number of ether oxygens (including phenoxy) is 2. The lowest BCUT2D eigenvalue weighted by Crippen LogP contribution is -2.14. The predicted molar refractivity (Wildman–Crippen MR) is 79.6 cm³/mol. The van der Waals surface area contributed by atoms with Gasteiger partial charge in [0.05, 0.1) is 6.61 Å². The smallest absolute Gasteiger partial charge is 0.478 e. The number of carboxylic acids is 1. The fourth-order valence-electron chi connectivity index (χ4n) is 1.86. The second-order valence-electron chi connectivity index (χ2n) is 4.63. The van der Waals surface area contributed by atoms with Crippen LogP contribution in [0.2, 0.25) is 0 Å². The van der Waals surface area contributed by atoms with E-state index in [2.05, 4.69) is 0 Å². The third-order valence-corrected chi connectivity index (χ3v) is 3.01. The van der Waals surface area contributed by atoms with Gasteiger partial charge in [0.1, 0.15) is 11.3 Å². The molecule has 0 amide bonds. The van der Waals surface area contributed by atoms with Crippen molar-refractivity contribution in [3.63, 3.8) is 0 Å². The van der Waals surface area contributed by atoms with E-state index in [-0.39, 0.29) is 17.9 Å². The van der Waals surface area contributed by atoms with Crippen molar-refractivity contribution in [2.45, 2.75) is 19.8 Å². The van der Waals surface area contributed by atoms with Gasteiger partial charge in [-0.1, -0.05) is 13.3 Å². The van der Waals surface area contributed by atoms with E-state index < -0.39 is 12.1 Å². The minimum Gasteiger partial charge on any atom is -0.478 e. The monoisotopic (exact) mass is 303 g/mol. The molecule has 0 spiro atoms. The van der Waals surface area contributed by atoms with Gasteiger partial charge in [-0.2, -0.15) is 0 Å². The molecule has 6 heteroatoms. The van der Waals surface area contributed by atoms with Gasteiger partial charge in [-0.15, -0.1) is 0 Å². The van der Waals surface area contributed by atoms with Gasteiger partial charge in [0.2, 0.25) is 0 Å². The number of rotatable bonds is 6. The lowest BCUT2D eigenvalue weighted by molar-refractivity contribution is 0.0689. The minimum atomic E-state index is -1.18. The summed E-state index contributed by atoms with van der Waals surface area (Å²) in [5.41, 5.74) is 0.563. The summed E-state index contributed by atoms with van der Waals surface area (Å²) in [5, 5.41) is 9.27. The number of aromatic nitrogens is 1. The number of carbonyl (C=O) groups excluding carboxylic acids is 1. The Balaban J connectivity index is 2.17. The Morgan fingerprint density at radius 2 is 1.95 bits per heavy atom. The predicted octanol–water partition coefficient (Wildman–Crippen LogP) is 3.49. The highest BCUT2D eigenvalue weighted by Crippen LogP contribution is 2.23. The first kappa shape index (κ1) is 15.6. The van der Waals surface area contributed by atoms with Gasteiger partial charge in [-0.05, 0) is 36.8 Å². The van der Waals surface area contributed by atoms with Crippen LogP contribution in [0.4, 0.5) is 4.79 Å². The average Bonchev–Trinajstić information content (AvgIpc) is 3.02. The van der Waals surface area contributed by atoms with Crippen molar-refractivity contribution in [3.05, 3.63) is 48.3 Å². The van der Waals surface area contributed by atoms with Crippen LogP contribution < -0.4 is 4.74 Å². The molecule has 1 heterocycles. The summed E-state index contributed by atoms with van der Waals surface area (Å²) in [5.74, 6) is -1.21. The average molecular weight is 303 g/mol. The maximum absolute atomic E-state index is 11.5. The van der Waals surface area contributed by atoms with E-state index in [1.165, 1.54) is 12.1 Å². The van der Waals surface area contributed by atoms with Crippen LogP contribution in [0, 0.1) is 0 Å². The SMILES string of the molecule is CCCCOC(=O)Oc1ccc(-n2cccc2)cc1C(=O)O. The molecule has 1 aromatic heterocycles. The van der Waals surface area contributed by atoms with Gasteiger partial charge in [0.25, 0.3) is 0 Å². The van der Waals surface area contributed by atoms with Crippen molar-refractivity contribution in [2.24, 2.45) is 0 Å². The van der Waals surface area contributed by atoms with Gasteiger partial charge in [0, 0.05) is 18.1 Å². The van der Waals surface area contributed by atoms with Gasteiger partial charge in [0.15, 0.2) is 0 Å². The fraction of sp³-hybridized carbons (Fsp3) is 0.250. The Hall–Kier alpha value is -2.76. The van der Waals surface area contributed by atoms with E-state index in [0.717, 1.165) is 12.8 Å². The van der Waals surface area contributed by atoms with Gasteiger partial charge in [-0.25, -0.2) is 9.59 Å². The molecule has 0 aliphatic carbocycles. The zero-order valence-corrected chi connectivity index (χ0v) is 12.2. The van der Waals surface area contributed by atoms with Crippen molar-refractivity contribution in [1.29, 1.82) is 0 Å². The Morgan fingerprint density at radius 3 is 2.59 bits per heavy atom. The maximum atomic E-state index is 11.5. The summed E-state index contributed by atoms with van der Waals surface area (Å²) in [6, 6.07) is 8.21. The van der Waals surface area contributed by atoms with Gasteiger partial charge < -0.3 is 19.1 Å². The standard InChI is InChI=1S/C16H17NO5/c1-2-3-10-21-16(20)22-14-7-6-12(11-13(14)15(18)19)17-8-4-5-9-17/h4-9,11H,2-3,10H2,1H3,(H,18,19). The van der Waals surface area contributed by atoms with Crippen molar-refractivity contribution < 1.29 is 24.2 Å². The quantitative estimate of drug-likeness (QED) is 0.502. The number of hydrogen-bond donors (Lipinski definition) is 1. The Morgan fingerprint density at radius 1 is 1.23 bits per heavy atom. The second-order valence-corrected chi connectivity index (χ2v) is 4.63. The molecule has 0 atom stereocenters. The molecular weight excluding hydrogens is 286 g/mol. The molecule has 0 bridgehead atoms. The molecule has 22 heavy (non-hydrogen) atoms. The maximum Gasteiger partial charge on any atom is 0.513 e. The zero-order valence-electron chi connectivity index (χ0n) is 12.2. The highest BCUT2D eigenvalue weighted by molar-refractivity contribution is 5.92. The Bertz CT molecular complexity index is 649. The molecule has 1 aromatic carbocycles. The molecule has 0 saturated carbocycles. The molecule has 0 fully saturated rings. The van der Waals surface area contributed by atoms with Crippen LogP contribution in [-0.2, 0) is 4.74 Å². The molecule has 0 aliphatic rings. The highest BCUT2D eigenvalue weighted by atomic mass is 16.7. The van der Waals surface area contributed by atoms with E-state index in [1.54, 1.807) is 23.0 Å². The lowest BCUT2D eigenvalue weighted by atomic mass is 10.1. The molecule has 2 rings (SSSR count). The normalized spacial score (nSPS) is 10.2. The molecule has 0 aliphatic heterocycles. The first-order valence-corrected chi connectivity index (χ1v) is 6.97. The fourth-order valence-corrected chi connectivity index (χ4v) is 1.86. The van der Waals surface area contributed by atoms with Crippen molar-refractivity contribution in [3.8, 4) is 11.4 Å². The lowest BCUT2D eigenvalue weighted by Gasteiger charge is -2.10. The molecule has 0 unspecified atom stereocenters. The van der Waals surface area contributed by atoms with Gasteiger partial charge >= 0.3 is 12.1 Å². The second kappa shape index (κ2) is 7.31. The zero-order chi connectivity index (χ0) is 15.9.